The van der Waals surface area contributed by atoms with Crippen molar-refractivity contribution in [3.8, 4) is 0 Å². The minimum absolute atomic E-state index is 0.00479. The van der Waals surface area contributed by atoms with E-state index in [-0.39, 0.29) is 17.2 Å². The Morgan fingerprint density at radius 1 is 1.44 bits per heavy atom. The average Bonchev–Trinajstić information content (AvgIpc) is 2.98. The lowest BCUT2D eigenvalue weighted by atomic mass is 10.1. The van der Waals surface area contributed by atoms with Gasteiger partial charge in [-0.15, -0.1) is 0 Å². The first-order valence-electron chi connectivity index (χ1n) is 4.57. The Morgan fingerprint density at radius 2 is 2.06 bits per heavy atom. The Bertz CT molecular complexity index is 441. The first kappa shape index (κ1) is 10.8. The molecule has 0 spiro atoms. The molecule has 16 heavy (non-hydrogen) atoms. The van der Waals surface area contributed by atoms with Crippen molar-refractivity contribution in [2.24, 2.45) is 0 Å². The number of carboxylic acid groups (broad SMARTS) is 1. The van der Waals surface area contributed by atoms with Crippen molar-refractivity contribution in [1.82, 2.24) is 9.97 Å². The SMILES string of the molecule is O=C(O)c1cnc(C(F)(F)F)nc1C1CC1. The van der Waals surface area contributed by atoms with Gasteiger partial charge >= 0.3 is 12.1 Å². The molecule has 1 N–H and O–H groups in total. The van der Waals surface area contributed by atoms with Gasteiger partial charge in [-0.25, -0.2) is 14.8 Å². The van der Waals surface area contributed by atoms with Gasteiger partial charge in [-0.2, -0.15) is 13.2 Å². The summed E-state index contributed by atoms with van der Waals surface area (Å²) in [6.07, 6.45) is -2.56. The van der Waals surface area contributed by atoms with E-state index in [1.165, 1.54) is 0 Å². The van der Waals surface area contributed by atoms with Gasteiger partial charge in [0.15, 0.2) is 0 Å². The number of carboxylic acids is 1. The molecule has 0 aromatic carbocycles. The lowest BCUT2D eigenvalue weighted by Crippen LogP contribution is -2.15. The fourth-order valence-corrected chi connectivity index (χ4v) is 1.36. The van der Waals surface area contributed by atoms with Gasteiger partial charge < -0.3 is 5.11 Å². The standard InChI is InChI=1S/C9H7F3N2O2/c10-9(11,12)8-13-3-5(7(15)16)6(14-8)4-1-2-4/h3-4H,1-2H2,(H,15,16). The highest BCUT2D eigenvalue weighted by Gasteiger charge is 2.38. The van der Waals surface area contributed by atoms with Crippen molar-refractivity contribution in [3.05, 3.63) is 23.3 Å². The highest BCUT2D eigenvalue weighted by atomic mass is 19.4. The minimum atomic E-state index is -4.64. The summed E-state index contributed by atoms with van der Waals surface area (Å²) in [6.45, 7) is 0. The van der Waals surface area contributed by atoms with E-state index < -0.39 is 18.0 Å². The first-order valence-corrected chi connectivity index (χ1v) is 4.57. The quantitative estimate of drug-likeness (QED) is 0.847. The maximum Gasteiger partial charge on any atom is 0.451 e. The van der Waals surface area contributed by atoms with Gasteiger partial charge in [0.05, 0.1) is 11.3 Å². The summed E-state index contributed by atoms with van der Waals surface area (Å²) in [5.74, 6) is -2.75. The van der Waals surface area contributed by atoms with Crippen LogP contribution in [0, 0.1) is 0 Å². The summed E-state index contributed by atoms with van der Waals surface area (Å²) in [6, 6.07) is 0. The number of nitrogens with zero attached hydrogens (tertiary/aromatic N) is 2. The van der Waals surface area contributed by atoms with Crippen molar-refractivity contribution in [2.45, 2.75) is 24.9 Å². The molecule has 0 unspecified atom stereocenters. The van der Waals surface area contributed by atoms with Crippen molar-refractivity contribution < 1.29 is 23.1 Å². The number of rotatable bonds is 2. The fraction of sp³-hybridized carbons (Fsp3) is 0.444. The van der Waals surface area contributed by atoms with Crippen LogP contribution in [0.3, 0.4) is 0 Å². The molecule has 0 radical (unpaired) electrons. The zero-order valence-electron chi connectivity index (χ0n) is 7.95. The second-order valence-electron chi connectivity index (χ2n) is 3.57. The Hall–Kier alpha value is -1.66. The Morgan fingerprint density at radius 3 is 2.50 bits per heavy atom. The summed E-state index contributed by atoms with van der Waals surface area (Å²) in [7, 11) is 0. The number of halogens is 3. The Labute approximate surface area is 88.1 Å². The van der Waals surface area contributed by atoms with Crippen LogP contribution in [0.5, 0.6) is 0 Å². The molecule has 0 amide bonds. The maximum absolute atomic E-state index is 12.3. The second-order valence-corrected chi connectivity index (χ2v) is 3.57. The van der Waals surface area contributed by atoms with Crippen LogP contribution in [0.25, 0.3) is 0 Å². The van der Waals surface area contributed by atoms with E-state index in [4.69, 9.17) is 5.11 Å². The molecule has 1 fully saturated rings. The third-order valence-electron chi connectivity index (χ3n) is 2.27. The molecule has 4 nitrogen and oxygen atoms in total. The van der Waals surface area contributed by atoms with Crippen molar-refractivity contribution in [1.29, 1.82) is 0 Å². The molecule has 1 aliphatic carbocycles. The maximum atomic E-state index is 12.3. The van der Waals surface area contributed by atoms with Crippen LogP contribution in [0.4, 0.5) is 13.2 Å². The average molecular weight is 232 g/mol. The summed E-state index contributed by atoms with van der Waals surface area (Å²) >= 11 is 0. The topological polar surface area (TPSA) is 63.1 Å². The monoisotopic (exact) mass is 232 g/mol. The van der Waals surface area contributed by atoms with E-state index in [9.17, 15) is 18.0 Å². The number of hydrogen-bond acceptors (Lipinski definition) is 3. The molecule has 0 aliphatic heterocycles. The molecule has 86 valence electrons. The lowest BCUT2D eigenvalue weighted by Gasteiger charge is -2.08. The van der Waals surface area contributed by atoms with E-state index in [1.807, 2.05) is 0 Å². The summed E-state index contributed by atoms with van der Waals surface area (Å²) in [5.41, 5.74) is -0.245. The van der Waals surface area contributed by atoms with E-state index in [0.717, 1.165) is 6.20 Å². The van der Waals surface area contributed by atoms with Crippen LogP contribution in [-0.4, -0.2) is 21.0 Å². The fourth-order valence-electron chi connectivity index (χ4n) is 1.36. The zero-order valence-corrected chi connectivity index (χ0v) is 7.95. The molecule has 0 saturated heterocycles. The molecule has 0 bridgehead atoms. The third-order valence-corrected chi connectivity index (χ3v) is 2.27. The summed E-state index contributed by atoms with van der Waals surface area (Å²) < 4.78 is 36.9. The molecule has 1 heterocycles. The molecule has 7 heteroatoms. The van der Waals surface area contributed by atoms with Gasteiger partial charge in [-0.05, 0) is 12.8 Å². The van der Waals surface area contributed by atoms with E-state index in [0.29, 0.717) is 12.8 Å². The van der Waals surface area contributed by atoms with Gasteiger partial charge in [-0.1, -0.05) is 0 Å². The van der Waals surface area contributed by atoms with Gasteiger partial charge in [0, 0.05) is 12.1 Å². The largest absolute Gasteiger partial charge is 0.478 e. The van der Waals surface area contributed by atoms with Gasteiger partial charge in [0.2, 0.25) is 5.82 Å². The summed E-state index contributed by atoms with van der Waals surface area (Å²) in [5, 5.41) is 8.77. The highest BCUT2D eigenvalue weighted by Crippen LogP contribution is 2.41. The van der Waals surface area contributed by atoms with Crippen LogP contribution in [0.2, 0.25) is 0 Å². The molecule has 2 rings (SSSR count). The number of alkyl halides is 3. The molecular formula is C9H7F3N2O2. The van der Waals surface area contributed by atoms with Crippen molar-refractivity contribution in [2.75, 3.05) is 0 Å². The molecular weight excluding hydrogens is 225 g/mol. The molecule has 1 aliphatic rings. The second kappa shape index (κ2) is 3.43. The van der Waals surface area contributed by atoms with Gasteiger partial charge in [0.25, 0.3) is 0 Å². The van der Waals surface area contributed by atoms with Gasteiger partial charge in [-0.3, -0.25) is 0 Å². The van der Waals surface area contributed by atoms with Crippen molar-refractivity contribution in [3.63, 3.8) is 0 Å². The van der Waals surface area contributed by atoms with E-state index in [1.54, 1.807) is 0 Å². The highest BCUT2D eigenvalue weighted by molar-refractivity contribution is 5.88. The number of carbonyl (C=O) groups is 1. The van der Waals surface area contributed by atoms with Crippen LogP contribution >= 0.6 is 0 Å². The molecule has 1 aromatic heterocycles. The predicted molar refractivity (Wildman–Crippen MR) is 46.0 cm³/mol. The van der Waals surface area contributed by atoms with E-state index >= 15 is 0 Å². The number of aromatic nitrogens is 2. The van der Waals surface area contributed by atoms with Crippen molar-refractivity contribution >= 4 is 5.97 Å². The minimum Gasteiger partial charge on any atom is -0.478 e. The zero-order chi connectivity index (χ0) is 11.9. The number of aromatic carboxylic acids is 1. The number of hydrogen-bond donors (Lipinski definition) is 1. The normalized spacial score (nSPS) is 16.2. The molecule has 0 atom stereocenters. The van der Waals surface area contributed by atoms with Crippen LogP contribution in [0.1, 0.15) is 40.6 Å². The lowest BCUT2D eigenvalue weighted by molar-refractivity contribution is -0.145. The third kappa shape index (κ3) is 1.98. The van der Waals surface area contributed by atoms with Crippen LogP contribution < -0.4 is 0 Å². The van der Waals surface area contributed by atoms with Gasteiger partial charge in [0.1, 0.15) is 0 Å². The summed E-state index contributed by atoms with van der Waals surface area (Å²) in [4.78, 5) is 17.1. The smallest absolute Gasteiger partial charge is 0.451 e. The Kier molecular flexibility index (Phi) is 2.32. The molecule has 1 saturated carbocycles. The van der Waals surface area contributed by atoms with Crippen LogP contribution in [0.15, 0.2) is 6.20 Å². The molecule has 1 aromatic rings. The first-order chi connectivity index (χ1) is 7.39. The van der Waals surface area contributed by atoms with E-state index in [2.05, 4.69) is 9.97 Å². The van der Waals surface area contributed by atoms with Crippen LogP contribution in [-0.2, 0) is 6.18 Å². The predicted octanol–water partition coefficient (Wildman–Crippen LogP) is 2.07. The Balaban J connectivity index is 2.48.